The summed E-state index contributed by atoms with van der Waals surface area (Å²) >= 11 is 0. The Morgan fingerprint density at radius 3 is 1.43 bits per heavy atom. The third-order valence-corrected chi connectivity index (χ3v) is 4.60. The predicted octanol–water partition coefficient (Wildman–Crippen LogP) is 6.58. The van der Waals surface area contributed by atoms with Crippen molar-refractivity contribution in [3.63, 3.8) is 0 Å². The number of nitrogens with one attached hydrogen (secondary N) is 1. The number of rotatable bonds is 10. The largest absolute Gasteiger partial charge is 0.392 e. The Morgan fingerprint density at radius 1 is 0.657 bits per heavy atom. The molecular formula is C17H11F16NO. The van der Waals surface area contributed by atoms with E-state index in [1.807, 2.05) is 0 Å². The van der Waals surface area contributed by atoms with Crippen LogP contribution in [0.15, 0.2) is 30.3 Å². The fraction of sp³-hybridized carbons (Fsp3) is 0.588. The highest BCUT2D eigenvalue weighted by Crippen LogP contribution is 2.62. The fourth-order valence-electron chi connectivity index (χ4n) is 2.39. The van der Waals surface area contributed by atoms with Gasteiger partial charge in [0, 0.05) is 0 Å². The van der Waals surface area contributed by atoms with Gasteiger partial charge in [-0.1, -0.05) is 30.3 Å². The first-order valence-corrected chi connectivity index (χ1v) is 8.64. The van der Waals surface area contributed by atoms with Gasteiger partial charge in [0.15, 0.2) is 0 Å². The van der Waals surface area contributed by atoms with E-state index in [4.69, 9.17) is 0 Å². The summed E-state index contributed by atoms with van der Waals surface area (Å²) in [5.41, 5.74) is -0.155. The molecule has 0 aliphatic rings. The molecule has 1 atom stereocenters. The number of alkyl halides is 16. The van der Waals surface area contributed by atoms with Gasteiger partial charge in [-0.05, 0) is 12.5 Å². The molecule has 1 N–H and O–H groups in total. The first-order valence-electron chi connectivity index (χ1n) is 8.64. The zero-order valence-corrected chi connectivity index (χ0v) is 16.5. The lowest BCUT2D eigenvalue weighted by molar-refractivity contribution is -0.443. The molecule has 2 nitrogen and oxygen atoms in total. The van der Waals surface area contributed by atoms with Crippen molar-refractivity contribution in [2.24, 2.45) is 0 Å². The van der Waals surface area contributed by atoms with E-state index in [2.05, 4.69) is 0 Å². The minimum Gasteiger partial charge on any atom is -0.344 e. The number of hydrogen-bond donors (Lipinski definition) is 1. The van der Waals surface area contributed by atoms with Gasteiger partial charge in [-0.3, -0.25) is 4.79 Å². The quantitative estimate of drug-likeness (QED) is 0.329. The van der Waals surface area contributed by atoms with Gasteiger partial charge in [-0.25, -0.2) is 8.78 Å². The molecule has 0 radical (unpaired) electrons. The Kier molecular flexibility index (Phi) is 7.78. The van der Waals surface area contributed by atoms with E-state index < -0.39 is 59.8 Å². The van der Waals surface area contributed by atoms with Crippen LogP contribution < -0.4 is 5.32 Å². The van der Waals surface area contributed by atoms with E-state index >= 15 is 0 Å². The van der Waals surface area contributed by atoms with E-state index in [1.54, 1.807) is 0 Å². The highest BCUT2D eigenvalue weighted by molar-refractivity contribution is 5.85. The Balaban J connectivity index is 3.48. The summed E-state index contributed by atoms with van der Waals surface area (Å²) in [6, 6.07) is 4.14. The number of amides is 1. The van der Waals surface area contributed by atoms with Gasteiger partial charge >= 0.3 is 47.9 Å². The van der Waals surface area contributed by atoms with Gasteiger partial charge in [0.2, 0.25) is 0 Å². The minimum atomic E-state index is -8.54. The smallest absolute Gasteiger partial charge is 0.344 e. The SMILES string of the molecule is CC(NC(=O)C(F)(F)C(F)(F)C(F)(F)C(F)(F)C(F)(F)C(F)(F)C(F)(F)C(F)F)c1ccccc1. The molecule has 1 amide bonds. The van der Waals surface area contributed by atoms with Crippen molar-refractivity contribution in [1.82, 2.24) is 5.32 Å². The van der Waals surface area contributed by atoms with Crippen molar-refractivity contribution in [2.45, 2.75) is 60.8 Å². The van der Waals surface area contributed by atoms with Crippen LogP contribution in [-0.2, 0) is 4.79 Å². The molecule has 0 fully saturated rings. The molecule has 18 heteroatoms. The fourth-order valence-corrected chi connectivity index (χ4v) is 2.39. The molecular weight excluding hydrogens is 538 g/mol. The van der Waals surface area contributed by atoms with Gasteiger partial charge in [0.1, 0.15) is 0 Å². The van der Waals surface area contributed by atoms with Gasteiger partial charge < -0.3 is 5.32 Å². The Hall–Kier alpha value is -2.43. The number of benzene rings is 1. The topological polar surface area (TPSA) is 29.1 Å². The Morgan fingerprint density at radius 2 is 1.03 bits per heavy atom. The average Bonchev–Trinajstić information content (AvgIpc) is 2.73. The minimum absolute atomic E-state index is 0.155. The van der Waals surface area contributed by atoms with Crippen LogP contribution in [-0.4, -0.2) is 53.8 Å². The maximum absolute atomic E-state index is 13.9. The third-order valence-electron chi connectivity index (χ3n) is 4.60. The summed E-state index contributed by atoms with van der Waals surface area (Å²) in [5.74, 6) is -59.6. The average molecular weight is 549 g/mol. The van der Waals surface area contributed by atoms with Crippen LogP contribution >= 0.6 is 0 Å². The summed E-state index contributed by atoms with van der Waals surface area (Å²) < 4.78 is 213. The molecule has 0 aliphatic heterocycles. The zero-order valence-electron chi connectivity index (χ0n) is 16.5. The number of carbonyl (C=O) groups is 1. The monoisotopic (exact) mass is 549 g/mol. The zero-order chi connectivity index (χ0) is 28.1. The molecule has 35 heavy (non-hydrogen) atoms. The predicted molar refractivity (Wildman–Crippen MR) is 83.6 cm³/mol. The molecule has 1 unspecified atom stereocenters. The van der Waals surface area contributed by atoms with E-state index in [0.717, 1.165) is 24.4 Å². The molecule has 0 bridgehead atoms. The second kappa shape index (κ2) is 8.90. The maximum atomic E-state index is 13.9. The van der Waals surface area contributed by atoms with Crippen LogP contribution in [0.25, 0.3) is 0 Å². The lowest BCUT2D eigenvalue weighted by atomic mass is 9.89. The second-order valence-corrected chi connectivity index (χ2v) is 6.98. The number of hydrogen-bond acceptors (Lipinski definition) is 1. The highest BCUT2D eigenvalue weighted by atomic mass is 19.4. The molecule has 0 heterocycles. The molecule has 0 saturated heterocycles. The lowest BCUT2D eigenvalue weighted by Crippen LogP contribution is -2.74. The van der Waals surface area contributed by atoms with Gasteiger partial charge in [-0.2, -0.15) is 61.5 Å². The molecule has 1 aromatic rings. The molecule has 0 aliphatic carbocycles. The standard InChI is InChI=1S/C17H11F16NO/c1-7(8-5-3-2-4-6-8)34-10(35)12(22,23)14(26,27)16(30,31)17(32,33)15(28,29)13(24,25)11(20,21)9(18)19/h2-7,9H,1H3,(H,34,35). The molecule has 1 rings (SSSR count). The summed E-state index contributed by atoms with van der Waals surface area (Å²) in [5, 5.41) is 0.972. The van der Waals surface area contributed by atoms with E-state index in [0.29, 0.717) is 0 Å². The first-order chi connectivity index (χ1) is 15.4. The van der Waals surface area contributed by atoms with Gasteiger partial charge in [0.25, 0.3) is 5.91 Å². The highest BCUT2D eigenvalue weighted by Gasteiger charge is 2.94. The van der Waals surface area contributed by atoms with Crippen molar-refractivity contribution in [3.05, 3.63) is 35.9 Å². The summed E-state index contributed by atoms with van der Waals surface area (Å²) in [6.45, 7) is 0.787. The second-order valence-electron chi connectivity index (χ2n) is 6.98. The third kappa shape index (κ3) is 4.36. The normalized spacial score (nSPS) is 15.8. The molecule has 0 saturated carbocycles. The molecule has 202 valence electrons. The van der Waals surface area contributed by atoms with Crippen LogP contribution in [0.5, 0.6) is 0 Å². The molecule has 1 aromatic carbocycles. The van der Waals surface area contributed by atoms with E-state index in [1.165, 1.54) is 18.2 Å². The van der Waals surface area contributed by atoms with E-state index in [-0.39, 0.29) is 5.56 Å². The number of carbonyl (C=O) groups excluding carboxylic acids is 1. The van der Waals surface area contributed by atoms with Gasteiger partial charge in [-0.15, -0.1) is 0 Å². The van der Waals surface area contributed by atoms with E-state index in [9.17, 15) is 75.0 Å². The van der Waals surface area contributed by atoms with Gasteiger partial charge in [0.05, 0.1) is 6.04 Å². The van der Waals surface area contributed by atoms with Crippen molar-refractivity contribution in [1.29, 1.82) is 0 Å². The summed E-state index contributed by atoms with van der Waals surface area (Å²) in [6.07, 6.45) is -5.92. The van der Waals surface area contributed by atoms with Crippen molar-refractivity contribution >= 4 is 5.91 Å². The Bertz CT molecular complexity index is 899. The first kappa shape index (κ1) is 30.6. The van der Waals surface area contributed by atoms with Crippen LogP contribution in [0.4, 0.5) is 70.2 Å². The number of halogens is 16. The molecule has 0 spiro atoms. The van der Waals surface area contributed by atoms with Crippen molar-refractivity contribution < 1.29 is 75.0 Å². The van der Waals surface area contributed by atoms with Crippen molar-refractivity contribution in [2.75, 3.05) is 0 Å². The van der Waals surface area contributed by atoms with Crippen LogP contribution in [0.3, 0.4) is 0 Å². The van der Waals surface area contributed by atoms with Crippen molar-refractivity contribution in [3.8, 4) is 0 Å². The van der Waals surface area contributed by atoms with Crippen LogP contribution in [0.2, 0.25) is 0 Å². The van der Waals surface area contributed by atoms with Crippen LogP contribution in [0, 0.1) is 0 Å². The lowest BCUT2D eigenvalue weighted by Gasteiger charge is -2.42. The summed E-state index contributed by atoms with van der Waals surface area (Å²) in [4.78, 5) is 11.5. The summed E-state index contributed by atoms with van der Waals surface area (Å²) in [7, 11) is 0. The van der Waals surface area contributed by atoms with Crippen LogP contribution in [0.1, 0.15) is 18.5 Å². The Labute approximate surface area is 184 Å². The molecule has 0 aromatic heterocycles. The maximum Gasteiger partial charge on any atom is 0.392 e.